The van der Waals surface area contributed by atoms with E-state index in [1.165, 1.54) is 16.4 Å². The van der Waals surface area contributed by atoms with Crippen molar-refractivity contribution in [2.75, 3.05) is 12.4 Å². The SMILES string of the molecule is CCC(C)C(=O)Nc1ccc(S(=O)(=O)N(C)C(C)C)cc1. The molecule has 0 saturated heterocycles. The molecule has 0 spiro atoms. The molecule has 1 N–H and O–H groups in total. The predicted molar refractivity (Wildman–Crippen MR) is 84.6 cm³/mol. The molecular formula is C15H24N2O3S. The van der Waals surface area contributed by atoms with Crippen molar-refractivity contribution in [3.63, 3.8) is 0 Å². The van der Waals surface area contributed by atoms with Crippen LogP contribution in [0, 0.1) is 5.92 Å². The van der Waals surface area contributed by atoms with Crippen LogP contribution in [0.5, 0.6) is 0 Å². The fraction of sp³-hybridized carbons (Fsp3) is 0.533. The third kappa shape index (κ3) is 4.28. The first-order chi connectivity index (χ1) is 9.70. The molecular weight excluding hydrogens is 288 g/mol. The number of anilines is 1. The van der Waals surface area contributed by atoms with Crippen LogP contribution in [-0.4, -0.2) is 31.7 Å². The van der Waals surface area contributed by atoms with Gasteiger partial charge in [0.15, 0.2) is 0 Å². The summed E-state index contributed by atoms with van der Waals surface area (Å²) < 4.78 is 25.9. The minimum atomic E-state index is -3.48. The minimum Gasteiger partial charge on any atom is -0.326 e. The summed E-state index contributed by atoms with van der Waals surface area (Å²) in [6, 6.07) is 6.14. The molecule has 0 aliphatic carbocycles. The van der Waals surface area contributed by atoms with E-state index < -0.39 is 10.0 Å². The van der Waals surface area contributed by atoms with Gasteiger partial charge in [-0.25, -0.2) is 8.42 Å². The molecule has 21 heavy (non-hydrogen) atoms. The van der Waals surface area contributed by atoms with Crippen LogP contribution in [0.4, 0.5) is 5.69 Å². The Morgan fingerprint density at radius 3 is 2.14 bits per heavy atom. The molecule has 0 aromatic heterocycles. The van der Waals surface area contributed by atoms with Crippen LogP contribution in [0.3, 0.4) is 0 Å². The van der Waals surface area contributed by atoms with E-state index in [9.17, 15) is 13.2 Å². The molecule has 0 fully saturated rings. The highest BCUT2D eigenvalue weighted by Crippen LogP contribution is 2.19. The highest BCUT2D eigenvalue weighted by Gasteiger charge is 2.22. The Morgan fingerprint density at radius 1 is 1.19 bits per heavy atom. The van der Waals surface area contributed by atoms with Crippen LogP contribution < -0.4 is 5.32 Å². The maximum atomic E-state index is 12.3. The van der Waals surface area contributed by atoms with Crippen LogP contribution in [-0.2, 0) is 14.8 Å². The number of nitrogens with one attached hydrogen (secondary N) is 1. The standard InChI is InChI=1S/C15H24N2O3S/c1-6-12(4)15(18)16-13-7-9-14(10-8-13)21(19,20)17(5)11(2)3/h7-12H,6H2,1-5H3,(H,16,18). The molecule has 6 heteroatoms. The summed E-state index contributed by atoms with van der Waals surface area (Å²) in [6.07, 6.45) is 0.761. The van der Waals surface area contributed by atoms with Crippen molar-refractivity contribution in [1.82, 2.24) is 4.31 Å². The minimum absolute atomic E-state index is 0.0626. The second-order valence-corrected chi connectivity index (χ2v) is 7.44. The van der Waals surface area contributed by atoms with E-state index in [1.807, 2.05) is 27.7 Å². The van der Waals surface area contributed by atoms with E-state index in [0.29, 0.717) is 5.69 Å². The van der Waals surface area contributed by atoms with Crippen LogP contribution in [0.2, 0.25) is 0 Å². The van der Waals surface area contributed by atoms with Gasteiger partial charge in [-0.3, -0.25) is 4.79 Å². The molecule has 1 amide bonds. The van der Waals surface area contributed by atoms with Crippen molar-refractivity contribution in [1.29, 1.82) is 0 Å². The summed E-state index contributed by atoms with van der Waals surface area (Å²) in [6.45, 7) is 7.43. The fourth-order valence-corrected chi connectivity index (χ4v) is 2.97. The molecule has 1 aromatic carbocycles. The normalized spacial score (nSPS) is 13.5. The molecule has 118 valence electrons. The van der Waals surface area contributed by atoms with Gasteiger partial charge in [0.2, 0.25) is 15.9 Å². The molecule has 0 radical (unpaired) electrons. The predicted octanol–water partition coefficient (Wildman–Crippen LogP) is 2.70. The van der Waals surface area contributed by atoms with Gasteiger partial charge in [0.25, 0.3) is 0 Å². The van der Waals surface area contributed by atoms with Crippen molar-refractivity contribution in [2.24, 2.45) is 5.92 Å². The maximum absolute atomic E-state index is 12.3. The number of hydrogen-bond donors (Lipinski definition) is 1. The lowest BCUT2D eigenvalue weighted by Crippen LogP contribution is -2.33. The second-order valence-electron chi connectivity index (χ2n) is 5.44. The van der Waals surface area contributed by atoms with E-state index >= 15 is 0 Å². The van der Waals surface area contributed by atoms with Gasteiger partial charge in [0, 0.05) is 24.7 Å². The Morgan fingerprint density at radius 2 is 1.71 bits per heavy atom. The Bertz CT molecular complexity index is 579. The quantitative estimate of drug-likeness (QED) is 0.878. The van der Waals surface area contributed by atoms with Gasteiger partial charge in [-0.1, -0.05) is 13.8 Å². The van der Waals surface area contributed by atoms with E-state index in [-0.39, 0.29) is 22.8 Å². The lowest BCUT2D eigenvalue weighted by atomic mass is 10.1. The maximum Gasteiger partial charge on any atom is 0.243 e. The number of hydrogen-bond acceptors (Lipinski definition) is 3. The summed E-state index contributed by atoms with van der Waals surface area (Å²) in [5.41, 5.74) is 0.603. The average Bonchev–Trinajstić information content (AvgIpc) is 2.45. The Kier molecular flexibility index (Phi) is 5.92. The van der Waals surface area contributed by atoms with E-state index in [2.05, 4.69) is 5.32 Å². The van der Waals surface area contributed by atoms with Crippen molar-refractivity contribution in [3.8, 4) is 0 Å². The molecule has 1 atom stereocenters. The zero-order valence-corrected chi connectivity index (χ0v) is 14.1. The Labute approximate surface area is 127 Å². The summed E-state index contributed by atoms with van der Waals surface area (Å²) in [5, 5.41) is 2.78. The number of carbonyl (C=O) groups is 1. The lowest BCUT2D eigenvalue weighted by molar-refractivity contribution is -0.119. The van der Waals surface area contributed by atoms with Gasteiger partial charge in [0.05, 0.1) is 4.90 Å². The molecule has 0 heterocycles. The van der Waals surface area contributed by atoms with E-state index in [4.69, 9.17) is 0 Å². The number of benzene rings is 1. The molecule has 0 aliphatic rings. The monoisotopic (exact) mass is 312 g/mol. The molecule has 0 saturated carbocycles. The summed E-state index contributed by atoms with van der Waals surface area (Å²) in [5.74, 6) is -0.132. The van der Waals surface area contributed by atoms with Gasteiger partial charge in [-0.15, -0.1) is 0 Å². The average molecular weight is 312 g/mol. The van der Waals surface area contributed by atoms with Gasteiger partial charge in [-0.2, -0.15) is 4.31 Å². The first kappa shape index (κ1) is 17.7. The number of carbonyl (C=O) groups excluding carboxylic acids is 1. The summed E-state index contributed by atoms with van der Waals surface area (Å²) in [4.78, 5) is 12.0. The smallest absolute Gasteiger partial charge is 0.243 e. The van der Waals surface area contributed by atoms with Crippen LogP contribution in [0.25, 0.3) is 0 Å². The second kappa shape index (κ2) is 7.04. The molecule has 5 nitrogen and oxygen atoms in total. The largest absolute Gasteiger partial charge is 0.326 e. The fourth-order valence-electron chi connectivity index (χ4n) is 1.60. The number of nitrogens with zero attached hydrogens (tertiary/aromatic N) is 1. The van der Waals surface area contributed by atoms with Crippen LogP contribution in [0.1, 0.15) is 34.1 Å². The van der Waals surface area contributed by atoms with E-state index in [1.54, 1.807) is 19.2 Å². The van der Waals surface area contributed by atoms with Crippen molar-refractivity contribution in [2.45, 2.75) is 45.1 Å². The van der Waals surface area contributed by atoms with Crippen molar-refractivity contribution in [3.05, 3.63) is 24.3 Å². The van der Waals surface area contributed by atoms with Crippen molar-refractivity contribution < 1.29 is 13.2 Å². The highest BCUT2D eigenvalue weighted by molar-refractivity contribution is 7.89. The third-order valence-corrected chi connectivity index (χ3v) is 5.63. The van der Waals surface area contributed by atoms with Crippen molar-refractivity contribution >= 4 is 21.6 Å². The summed E-state index contributed by atoms with van der Waals surface area (Å²) in [7, 11) is -1.93. The first-order valence-corrected chi connectivity index (χ1v) is 8.53. The topological polar surface area (TPSA) is 66.5 Å². The lowest BCUT2D eigenvalue weighted by Gasteiger charge is -2.21. The molecule has 0 bridgehead atoms. The zero-order valence-electron chi connectivity index (χ0n) is 13.3. The van der Waals surface area contributed by atoms with Crippen LogP contribution in [0.15, 0.2) is 29.2 Å². The van der Waals surface area contributed by atoms with Gasteiger partial charge in [-0.05, 0) is 44.5 Å². The third-order valence-electron chi connectivity index (χ3n) is 3.59. The van der Waals surface area contributed by atoms with Gasteiger partial charge >= 0.3 is 0 Å². The van der Waals surface area contributed by atoms with Gasteiger partial charge in [0.1, 0.15) is 0 Å². The number of rotatable bonds is 6. The first-order valence-electron chi connectivity index (χ1n) is 7.09. The highest BCUT2D eigenvalue weighted by atomic mass is 32.2. The van der Waals surface area contributed by atoms with Gasteiger partial charge < -0.3 is 5.32 Å². The molecule has 1 aromatic rings. The Hall–Kier alpha value is -1.40. The molecule has 1 unspecified atom stereocenters. The van der Waals surface area contributed by atoms with E-state index in [0.717, 1.165) is 6.42 Å². The molecule has 1 rings (SSSR count). The number of sulfonamides is 1. The zero-order chi connectivity index (χ0) is 16.2. The number of amides is 1. The summed E-state index contributed by atoms with van der Waals surface area (Å²) >= 11 is 0. The van der Waals surface area contributed by atoms with Crippen LogP contribution >= 0.6 is 0 Å². The Balaban J connectivity index is 2.91. The molecule has 0 aliphatic heterocycles.